The molecule has 0 saturated heterocycles. The monoisotopic (exact) mass is 810 g/mol. The van der Waals surface area contributed by atoms with Gasteiger partial charge in [-0.15, -0.1) is 64.9 Å². The van der Waals surface area contributed by atoms with Crippen LogP contribution in [0.25, 0.3) is 54.7 Å². The molecule has 3 aromatic carbocycles. The first-order valence-electron chi connectivity index (χ1n) is 18.7. The van der Waals surface area contributed by atoms with Crippen LogP contribution in [0.4, 0.5) is 0 Å². The van der Waals surface area contributed by atoms with Gasteiger partial charge in [0, 0.05) is 54.3 Å². The van der Waals surface area contributed by atoms with Gasteiger partial charge >= 0.3 is 0 Å². The number of nitrogens with zero attached hydrogens (tertiary/aromatic N) is 3. The smallest absolute Gasteiger partial charge is 0.148 e. The second-order valence-corrected chi connectivity index (χ2v) is 14.0. The number of aromatic nitrogens is 3. The Kier molecular flexibility index (Phi) is 7.02. The molecule has 0 unspecified atom stereocenters. The Balaban J connectivity index is 0.000000230. The third-order valence-corrected chi connectivity index (χ3v) is 8.43. The molecule has 0 bridgehead atoms. The second kappa shape index (κ2) is 13.2. The van der Waals surface area contributed by atoms with Gasteiger partial charge in [-0.05, 0) is 47.7 Å². The Morgan fingerprint density at radius 3 is 2.30 bits per heavy atom. The summed E-state index contributed by atoms with van der Waals surface area (Å²) in [5.41, 5.74) is 5.30. The predicted octanol–water partition coefficient (Wildman–Crippen LogP) is 11.1. The maximum atomic E-state index is 8.67. The van der Waals surface area contributed by atoms with Gasteiger partial charge in [0.05, 0.1) is 15.3 Å². The third-order valence-electron chi connectivity index (χ3n) is 6.99. The number of aryl methyl sites for hydroxylation is 2. The van der Waals surface area contributed by atoms with E-state index in [1.165, 1.54) is 24.4 Å². The third kappa shape index (κ3) is 7.31. The SMILES string of the molecule is [2H]C([2H])([2H])c1c[c-]c(-c2ccc(C([2H])([2H])[2H])cn2)cc1.[2H]C([2H])(c1ccnc(-c2[c-]ccc3c2oc2c3ccc3sc(C(C)(C)C)nc32)c1)C(C)(C)C.[Ir]. The average molecular weight is 810 g/mol. The first-order valence-corrected chi connectivity index (χ1v) is 15.5. The van der Waals surface area contributed by atoms with Gasteiger partial charge in [-0.3, -0.25) is 0 Å². The average Bonchev–Trinajstić information content (AvgIpc) is 3.70. The molecular weight excluding hydrogens is 763 g/mol. The van der Waals surface area contributed by atoms with E-state index in [0.29, 0.717) is 28.1 Å². The van der Waals surface area contributed by atoms with E-state index in [-0.39, 0.29) is 36.6 Å². The summed E-state index contributed by atoms with van der Waals surface area (Å²) in [4.78, 5) is 13.6. The minimum atomic E-state index is -2.18. The van der Waals surface area contributed by atoms with Crippen LogP contribution in [0.3, 0.4) is 0 Å². The van der Waals surface area contributed by atoms with Gasteiger partial charge in [-0.25, -0.2) is 4.98 Å². The van der Waals surface area contributed by atoms with Crippen LogP contribution in [0.1, 0.15) is 74.2 Å². The first-order chi connectivity index (χ1) is 24.6. The van der Waals surface area contributed by atoms with Crippen LogP contribution >= 0.6 is 11.3 Å². The molecule has 4 heterocycles. The van der Waals surface area contributed by atoms with Crippen molar-refractivity contribution in [1.82, 2.24) is 15.0 Å². The van der Waals surface area contributed by atoms with Crippen molar-refractivity contribution in [2.75, 3.05) is 0 Å². The van der Waals surface area contributed by atoms with Gasteiger partial charge in [0.2, 0.25) is 0 Å². The van der Waals surface area contributed by atoms with Crippen molar-refractivity contribution in [3.8, 4) is 22.5 Å². The van der Waals surface area contributed by atoms with Crippen LogP contribution in [0.5, 0.6) is 0 Å². The molecule has 0 aliphatic carbocycles. The van der Waals surface area contributed by atoms with Crippen molar-refractivity contribution in [1.29, 1.82) is 0 Å². The normalized spacial score (nSPS) is 15.3. The van der Waals surface area contributed by atoms with Crippen LogP contribution in [-0.4, -0.2) is 15.0 Å². The van der Waals surface area contributed by atoms with Crippen LogP contribution in [0.15, 0.2) is 83.5 Å². The number of fused-ring (bicyclic) bond motifs is 5. The number of hydrogen-bond donors (Lipinski definition) is 0. The van der Waals surface area contributed by atoms with Gasteiger partial charge < -0.3 is 14.4 Å². The largest absolute Gasteiger partial charge is 0.498 e. The fourth-order valence-electron chi connectivity index (χ4n) is 4.92. The van der Waals surface area contributed by atoms with Crippen molar-refractivity contribution >= 4 is 43.5 Å². The van der Waals surface area contributed by atoms with Gasteiger partial charge in [0.1, 0.15) is 11.1 Å². The standard InChI is InChI=1S/C27H27N2OS.C13H12N.Ir/c1-26(2,3)15-16-12-13-28-20(14-16)19-9-7-8-17-18-10-11-21-22(24(18)30-23(17)19)29-25(31-21)27(4,5)6;1-10-3-6-12(7-4-10)13-8-5-11(2)9-14-13;/h7-8,10-14H,15H2,1-6H3;3-6,8-9H,1-2H3;/q2*-1;/i15D2;1D3,2D3;. The van der Waals surface area contributed by atoms with Crippen molar-refractivity contribution in [3.63, 3.8) is 0 Å². The topological polar surface area (TPSA) is 51.8 Å². The van der Waals surface area contributed by atoms with E-state index < -0.39 is 25.5 Å². The number of thiazole rings is 1. The molecule has 6 heteroatoms. The van der Waals surface area contributed by atoms with Gasteiger partial charge in [0.15, 0.2) is 0 Å². The Bertz CT molecular complexity index is 2370. The summed E-state index contributed by atoms with van der Waals surface area (Å²) in [6.07, 6.45) is 1.45. The fourth-order valence-corrected chi connectivity index (χ4v) is 5.94. The molecule has 7 rings (SSSR count). The van der Waals surface area contributed by atoms with E-state index in [1.807, 2.05) is 39.0 Å². The summed E-state index contributed by atoms with van der Waals surface area (Å²) in [7, 11) is 0. The van der Waals surface area contributed by atoms with Gasteiger partial charge in [-0.2, -0.15) is 0 Å². The van der Waals surface area contributed by atoms with Crippen molar-refractivity contribution in [2.24, 2.45) is 5.41 Å². The van der Waals surface area contributed by atoms with E-state index in [4.69, 9.17) is 20.4 Å². The molecule has 4 aromatic heterocycles. The molecule has 4 nitrogen and oxygen atoms in total. The zero-order valence-corrected chi connectivity index (χ0v) is 29.7. The molecule has 0 fully saturated rings. The second-order valence-electron chi connectivity index (χ2n) is 13.0. The minimum absolute atomic E-state index is 0. The molecule has 1 radical (unpaired) electrons. The first kappa shape index (κ1) is 24.5. The zero-order valence-electron chi connectivity index (χ0n) is 34.5. The number of pyridine rings is 2. The van der Waals surface area contributed by atoms with E-state index in [9.17, 15) is 0 Å². The van der Waals surface area contributed by atoms with E-state index in [2.05, 4.69) is 55.0 Å². The van der Waals surface area contributed by atoms with Crippen molar-refractivity contribution < 1.29 is 35.5 Å². The molecule has 7 aromatic rings. The number of rotatable bonds is 3. The van der Waals surface area contributed by atoms with E-state index >= 15 is 0 Å². The summed E-state index contributed by atoms with van der Waals surface area (Å²) in [6.45, 7) is 7.89. The molecule has 0 amide bonds. The van der Waals surface area contributed by atoms with Crippen LogP contribution in [0, 0.1) is 31.3 Å². The molecular formula is C40H39IrN3OS-2. The summed E-state index contributed by atoms with van der Waals surface area (Å²) in [5.74, 6) is 0. The molecule has 46 heavy (non-hydrogen) atoms. The molecule has 0 aliphatic rings. The zero-order chi connectivity index (χ0) is 38.7. The Morgan fingerprint density at radius 1 is 0.848 bits per heavy atom. The van der Waals surface area contributed by atoms with E-state index in [0.717, 1.165) is 37.1 Å². The predicted molar refractivity (Wildman–Crippen MR) is 189 cm³/mol. The molecule has 0 saturated carbocycles. The molecule has 0 N–H and O–H groups in total. The molecule has 0 atom stereocenters. The van der Waals surface area contributed by atoms with Crippen molar-refractivity contribution in [2.45, 2.75) is 67.0 Å². The minimum Gasteiger partial charge on any atom is -0.498 e. The van der Waals surface area contributed by atoms with Crippen molar-refractivity contribution in [3.05, 3.63) is 113 Å². The summed E-state index contributed by atoms with van der Waals surface area (Å²) >= 11 is 1.70. The van der Waals surface area contributed by atoms with Gasteiger partial charge in [0.25, 0.3) is 0 Å². The number of hydrogen-bond acceptors (Lipinski definition) is 5. The summed E-state index contributed by atoms with van der Waals surface area (Å²) in [6, 6.07) is 25.4. The van der Waals surface area contributed by atoms with Crippen LogP contribution in [0.2, 0.25) is 0 Å². The summed E-state index contributed by atoms with van der Waals surface area (Å²) < 4.78 is 68.5. The Hall–Kier alpha value is -3.70. The van der Waals surface area contributed by atoms with E-state index in [1.54, 1.807) is 35.7 Å². The molecule has 0 aliphatic heterocycles. The molecule has 237 valence electrons. The maximum Gasteiger partial charge on any atom is 0.148 e. The Labute approximate surface area is 300 Å². The maximum absolute atomic E-state index is 8.67. The molecule has 0 spiro atoms. The van der Waals surface area contributed by atoms with Crippen LogP contribution in [-0.2, 0) is 31.9 Å². The Morgan fingerprint density at radius 2 is 1.63 bits per heavy atom. The summed E-state index contributed by atoms with van der Waals surface area (Å²) in [5, 5.41) is 3.08. The van der Waals surface area contributed by atoms with Gasteiger partial charge in [-0.1, -0.05) is 89.2 Å². The van der Waals surface area contributed by atoms with Crippen LogP contribution < -0.4 is 0 Å². The number of furan rings is 1. The fraction of sp³-hybridized carbons (Fsp3) is 0.275. The number of benzene rings is 3. The quantitative estimate of drug-likeness (QED) is 0.167.